The Hall–Kier alpha value is -1.66. The zero-order valence-corrected chi connectivity index (χ0v) is 14.8. The van der Waals surface area contributed by atoms with Crippen LogP contribution in [0.3, 0.4) is 0 Å². The van der Waals surface area contributed by atoms with Gasteiger partial charge in [0, 0.05) is 24.7 Å². The van der Waals surface area contributed by atoms with E-state index in [0.717, 1.165) is 0 Å². The fourth-order valence-corrected chi connectivity index (χ4v) is 3.00. The van der Waals surface area contributed by atoms with Crippen LogP contribution in [0.15, 0.2) is 12.1 Å². The third kappa shape index (κ3) is 5.18. The fraction of sp³-hybridized carbons (Fsp3) is 0.667. The number of hydrogen-bond donors (Lipinski definition) is 2. The van der Waals surface area contributed by atoms with Crippen molar-refractivity contribution >= 4 is 0 Å². The third-order valence-electron chi connectivity index (χ3n) is 4.33. The number of aliphatic hydroxyl groups is 1. The minimum atomic E-state index is -0.564. The van der Waals surface area contributed by atoms with Crippen molar-refractivity contribution in [3.63, 3.8) is 0 Å². The van der Waals surface area contributed by atoms with Crippen molar-refractivity contribution in [3.05, 3.63) is 12.1 Å². The Morgan fingerprint density at radius 2 is 1.67 bits per heavy atom. The summed E-state index contributed by atoms with van der Waals surface area (Å²) < 4.78 is 21.6. The zero-order chi connectivity index (χ0) is 17.4. The molecule has 1 aromatic rings. The van der Waals surface area contributed by atoms with Gasteiger partial charge in [0.05, 0.1) is 21.3 Å². The molecule has 0 aliphatic heterocycles. The maximum absolute atomic E-state index is 10.1. The summed E-state index contributed by atoms with van der Waals surface area (Å²) in [5.41, 5.74) is 0. The zero-order valence-electron chi connectivity index (χ0n) is 14.8. The van der Waals surface area contributed by atoms with Crippen molar-refractivity contribution in [1.29, 1.82) is 0 Å². The first kappa shape index (κ1) is 18.7. The lowest BCUT2D eigenvalue weighted by atomic mass is 9.95. The molecule has 6 heteroatoms. The molecule has 6 nitrogen and oxygen atoms in total. The SMILES string of the molecule is COc1cc(OCC(O)CNC2CCCCC2)cc(OC)c1OC. The molecule has 1 aliphatic rings. The van der Waals surface area contributed by atoms with Crippen LogP contribution in [0.1, 0.15) is 32.1 Å². The highest BCUT2D eigenvalue weighted by Gasteiger charge is 2.16. The maximum atomic E-state index is 10.1. The number of ether oxygens (including phenoxy) is 4. The van der Waals surface area contributed by atoms with E-state index in [2.05, 4.69) is 5.32 Å². The van der Waals surface area contributed by atoms with E-state index in [-0.39, 0.29) is 6.61 Å². The van der Waals surface area contributed by atoms with Gasteiger partial charge in [-0.05, 0) is 12.8 Å². The molecule has 2 N–H and O–H groups in total. The predicted molar refractivity (Wildman–Crippen MR) is 92.5 cm³/mol. The monoisotopic (exact) mass is 339 g/mol. The van der Waals surface area contributed by atoms with Crippen LogP contribution in [0.25, 0.3) is 0 Å². The van der Waals surface area contributed by atoms with E-state index >= 15 is 0 Å². The van der Waals surface area contributed by atoms with Crippen LogP contribution in [0.5, 0.6) is 23.0 Å². The van der Waals surface area contributed by atoms with Crippen LogP contribution < -0.4 is 24.3 Å². The topological polar surface area (TPSA) is 69.2 Å². The summed E-state index contributed by atoms with van der Waals surface area (Å²) in [7, 11) is 4.68. The molecular formula is C18H29NO5. The Morgan fingerprint density at radius 3 is 2.21 bits per heavy atom. The summed E-state index contributed by atoms with van der Waals surface area (Å²) in [6.07, 6.45) is 5.70. The Kier molecular flexibility index (Phi) is 7.46. The first-order chi connectivity index (χ1) is 11.7. The Morgan fingerprint density at radius 1 is 1.04 bits per heavy atom. The van der Waals surface area contributed by atoms with E-state index in [9.17, 15) is 5.11 Å². The number of aliphatic hydroxyl groups excluding tert-OH is 1. The fourth-order valence-electron chi connectivity index (χ4n) is 3.00. The Labute approximate surface area is 144 Å². The quantitative estimate of drug-likeness (QED) is 0.720. The second-order valence-corrected chi connectivity index (χ2v) is 6.07. The molecule has 0 radical (unpaired) electrons. The second kappa shape index (κ2) is 9.59. The van der Waals surface area contributed by atoms with Crippen LogP contribution in [0, 0.1) is 0 Å². The summed E-state index contributed by atoms with van der Waals surface area (Å²) >= 11 is 0. The molecule has 1 saturated carbocycles. The molecule has 1 atom stereocenters. The molecule has 1 fully saturated rings. The average molecular weight is 339 g/mol. The number of rotatable bonds is 9. The van der Waals surface area contributed by atoms with Gasteiger partial charge < -0.3 is 29.4 Å². The van der Waals surface area contributed by atoms with Crippen LogP contribution in [0.4, 0.5) is 0 Å². The van der Waals surface area contributed by atoms with Gasteiger partial charge in [0.1, 0.15) is 18.5 Å². The van der Waals surface area contributed by atoms with Crippen molar-refractivity contribution in [1.82, 2.24) is 5.32 Å². The van der Waals surface area contributed by atoms with Gasteiger partial charge >= 0.3 is 0 Å². The van der Waals surface area contributed by atoms with Gasteiger partial charge in [-0.25, -0.2) is 0 Å². The lowest BCUT2D eigenvalue weighted by Gasteiger charge is -2.24. The summed E-state index contributed by atoms with van der Waals surface area (Å²) in [5.74, 6) is 2.15. The lowest BCUT2D eigenvalue weighted by molar-refractivity contribution is 0.101. The Balaban J connectivity index is 1.86. The van der Waals surface area contributed by atoms with E-state index in [1.54, 1.807) is 33.5 Å². The molecule has 0 amide bonds. The molecule has 1 unspecified atom stereocenters. The maximum Gasteiger partial charge on any atom is 0.203 e. The number of methoxy groups -OCH3 is 3. The highest BCUT2D eigenvalue weighted by Crippen LogP contribution is 2.40. The smallest absolute Gasteiger partial charge is 0.203 e. The van der Waals surface area contributed by atoms with Gasteiger partial charge in [0.15, 0.2) is 11.5 Å². The highest BCUT2D eigenvalue weighted by molar-refractivity contribution is 5.55. The second-order valence-electron chi connectivity index (χ2n) is 6.07. The Bertz CT molecular complexity index is 477. The lowest BCUT2D eigenvalue weighted by Crippen LogP contribution is -2.38. The molecule has 0 spiro atoms. The van der Waals surface area contributed by atoms with Crippen LogP contribution >= 0.6 is 0 Å². The first-order valence-corrected chi connectivity index (χ1v) is 8.52. The van der Waals surface area contributed by atoms with E-state index < -0.39 is 6.10 Å². The molecule has 24 heavy (non-hydrogen) atoms. The molecule has 1 aromatic carbocycles. The number of hydrogen-bond acceptors (Lipinski definition) is 6. The molecule has 0 bridgehead atoms. The molecule has 2 rings (SSSR count). The average Bonchev–Trinajstić information content (AvgIpc) is 2.64. The van der Waals surface area contributed by atoms with Crippen LogP contribution in [0.2, 0.25) is 0 Å². The van der Waals surface area contributed by atoms with Crippen molar-refractivity contribution in [2.45, 2.75) is 44.2 Å². The summed E-state index contributed by atoms with van der Waals surface area (Å²) in [6, 6.07) is 3.97. The van der Waals surface area contributed by atoms with E-state index in [1.807, 2.05) is 0 Å². The van der Waals surface area contributed by atoms with Crippen molar-refractivity contribution in [2.75, 3.05) is 34.5 Å². The molecule has 0 heterocycles. The first-order valence-electron chi connectivity index (χ1n) is 8.52. The van der Waals surface area contributed by atoms with E-state index in [1.165, 1.54) is 32.1 Å². The van der Waals surface area contributed by atoms with Crippen LogP contribution in [-0.4, -0.2) is 51.7 Å². The predicted octanol–water partition coefficient (Wildman–Crippen LogP) is 2.37. The minimum Gasteiger partial charge on any atom is -0.493 e. The van der Waals surface area contributed by atoms with E-state index in [4.69, 9.17) is 18.9 Å². The van der Waals surface area contributed by atoms with Gasteiger partial charge in [-0.2, -0.15) is 0 Å². The van der Waals surface area contributed by atoms with Crippen molar-refractivity contribution < 1.29 is 24.1 Å². The number of nitrogens with one attached hydrogen (secondary N) is 1. The van der Waals surface area contributed by atoms with Crippen molar-refractivity contribution in [3.8, 4) is 23.0 Å². The van der Waals surface area contributed by atoms with Crippen molar-refractivity contribution in [2.24, 2.45) is 0 Å². The van der Waals surface area contributed by atoms with Gasteiger partial charge in [-0.3, -0.25) is 0 Å². The third-order valence-corrected chi connectivity index (χ3v) is 4.33. The van der Waals surface area contributed by atoms with Gasteiger partial charge in [-0.15, -0.1) is 0 Å². The van der Waals surface area contributed by atoms with Gasteiger partial charge in [-0.1, -0.05) is 19.3 Å². The largest absolute Gasteiger partial charge is 0.493 e. The molecule has 0 aromatic heterocycles. The van der Waals surface area contributed by atoms with E-state index in [0.29, 0.717) is 35.6 Å². The molecule has 0 saturated heterocycles. The highest BCUT2D eigenvalue weighted by atomic mass is 16.5. The molecule has 136 valence electrons. The minimum absolute atomic E-state index is 0.207. The summed E-state index contributed by atoms with van der Waals surface area (Å²) in [6.45, 7) is 0.744. The van der Waals surface area contributed by atoms with Crippen LogP contribution in [-0.2, 0) is 0 Å². The normalized spacial score (nSPS) is 16.5. The van der Waals surface area contributed by atoms with Gasteiger partial charge in [0.2, 0.25) is 5.75 Å². The summed E-state index contributed by atoms with van der Waals surface area (Å²) in [4.78, 5) is 0. The van der Waals surface area contributed by atoms with Gasteiger partial charge in [0.25, 0.3) is 0 Å². The molecular weight excluding hydrogens is 310 g/mol. The standard InChI is InChI=1S/C18H29NO5/c1-21-16-9-15(10-17(22-2)18(16)23-3)24-12-14(20)11-19-13-7-5-4-6-8-13/h9-10,13-14,19-20H,4-8,11-12H2,1-3H3. The molecule has 1 aliphatic carbocycles. The number of benzene rings is 1. The summed E-state index contributed by atoms with van der Waals surface area (Å²) in [5, 5.41) is 13.5.